The van der Waals surface area contributed by atoms with Gasteiger partial charge in [-0.05, 0) is 31.5 Å². The van der Waals surface area contributed by atoms with Gasteiger partial charge < -0.3 is 9.47 Å². The van der Waals surface area contributed by atoms with Crippen molar-refractivity contribution in [2.45, 2.75) is 26.7 Å². The molecular formula is C16H22N2O4S. The molecule has 0 atom stereocenters. The second-order valence-corrected chi connectivity index (χ2v) is 6.97. The van der Waals surface area contributed by atoms with E-state index in [2.05, 4.69) is 11.9 Å². The summed E-state index contributed by atoms with van der Waals surface area (Å²) in [5.74, 6) is 1.60. The number of hydrogen-bond acceptors (Lipinski definition) is 5. The summed E-state index contributed by atoms with van der Waals surface area (Å²) >= 11 is 0. The first-order valence-electron chi connectivity index (χ1n) is 7.61. The molecule has 1 aromatic carbocycles. The minimum Gasteiger partial charge on any atom is -0.490 e. The first kappa shape index (κ1) is 17.3. The van der Waals surface area contributed by atoms with Gasteiger partial charge in [-0.1, -0.05) is 13.3 Å². The van der Waals surface area contributed by atoms with Crippen LogP contribution in [-0.2, 0) is 10.0 Å². The molecule has 0 bridgehead atoms. The van der Waals surface area contributed by atoms with Crippen molar-refractivity contribution in [1.82, 2.24) is 8.96 Å². The van der Waals surface area contributed by atoms with Gasteiger partial charge >= 0.3 is 0 Å². The summed E-state index contributed by atoms with van der Waals surface area (Å²) < 4.78 is 36.1. The number of nitrogens with zero attached hydrogens (tertiary/aromatic N) is 2. The Hall–Kier alpha value is -2.02. The third-order valence-corrected chi connectivity index (χ3v) is 4.23. The van der Waals surface area contributed by atoms with E-state index < -0.39 is 10.0 Å². The molecule has 0 aliphatic rings. The maximum atomic E-state index is 11.8. The average Bonchev–Trinajstić information content (AvgIpc) is 2.99. The zero-order valence-electron chi connectivity index (χ0n) is 13.7. The van der Waals surface area contributed by atoms with Gasteiger partial charge in [-0.25, -0.2) is 17.4 Å². The van der Waals surface area contributed by atoms with Crippen LogP contribution in [-0.4, -0.2) is 36.8 Å². The van der Waals surface area contributed by atoms with Gasteiger partial charge in [0.2, 0.25) is 10.0 Å². The van der Waals surface area contributed by atoms with Crippen molar-refractivity contribution in [2.75, 3.05) is 19.5 Å². The molecule has 126 valence electrons. The summed E-state index contributed by atoms with van der Waals surface area (Å²) in [5, 5.41) is 0. The van der Waals surface area contributed by atoms with Gasteiger partial charge in [0.25, 0.3) is 0 Å². The van der Waals surface area contributed by atoms with Crippen molar-refractivity contribution in [3.05, 3.63) is 30.6 Å². The minimum absolute atomic E-state index is 0.355. The van der Waals surface area contributed by atoms with Crippen LogP contribution < -0.4 is 9.47 Å². The van der Waals surface area contributed by atoms with Crippen LogP contribution in [0.2, 0.25) is 0 Å². The maximum absolute atomic E-state index is 11.8. The molecule has 2 rings (SSSR count). The highest BCUT2D eigenvalue weighted by Crippen LogP contribution is 2.32. The van der Waals surface area contributed by atoms with Crippen LogP contribution in [0.1, 0.15) is 26.7 Å². The molecule has 0 saturated heterocycles. The van der Waals surface area contributed by atoms with E-state index in [-0.39, 0.29) is 0 Å². The van der Waals surface area contributed by atoms with Gasteiger partial charge in [0.1, 0.15) is 0 Å². The van der Waals surface area contributed by atoms with Crippen LogP contribution in [0.3, 0.4) is 0 Å². The number of rotatable bonds is 8. The molecule has 7 heteroatoms. The summed E-state index contributed by atoms with van der Waals surface area (Å²) in [6.07, 6.45) is 6.04. The molecule has 0 amide bonds. The Morgan fingerprint density at radius 3 is 2.61 bits per heavy atom. The molecule has 1 aromatic heterocycles. The van der Waals surface area contributed by atoms with Gasteiger partial charge in [0.15, 0.2) is 17.3 Å². The number of aromatic nitrogens is 2. The van der Waals surface area contributed by atoms with Crippen molar-refractivity contribution >= 4 is 10.0 Å². The molecule has 0 radical (unpaired) electrons. The van der Waals surface area contributed by atoms with Crippen molar-refractivity contribution in [2.24, 2.45) is 0 Å². The smallest absolute Gasteiger partial charge is 0.237 e. The summed E-state index contributed by atoms with van der Waals surface area (Å²) in [6.45, 7) is 5.10. The van der Waals surface area contributed by atoms with Crippen LogP contribution in [0.4, 0.5) is 0 Å². The predicted octanol–water partition coefficient (Wildman–Crippen LogP) is 2.94. The molecule has 0 saturated carbocycles. The van der Waals surface area contributed by atoms with E-state index in [4.69, 9.17) is 9.47 Å². The number of imidazole rings is 1. The third kappa shape index (κ3) is 4.25. The number of unbranched alkanes of at least 4 members (excludes halogenated alkanes) is 1. The Morgan fingerprint density at radius 2 is 1.96 bits per heavy atom. The van der Waals surface area contributed by atoms with Crippen molar-refractivity contribution in [1.29, 1.82) is 0 Å². The van der Waals surface area contributed by atoms with E-state index in [0.717, 1.165) is 23.1 Å². The largest absolute Gasteiger partial charge is 0.490 e. The lowest BCUT2D eigenvalue weighted by Crippen LogP contribution is -2.10. The average molecular weight is 338 g/mol. The minimum atomic E-state index is -3.41. The van der Waals surface area contributed by atoms with E-state index in [9.17, 15) is 8.42 Å². The van der Waals surface area contributed by atoms with Crippen LogP contribution in [0.15, 0.2) is 30.6 Å². The first-order valence-corrected chi connectivity index (χ1v) is 9.46. The molecular weight excluding hydrogens is 316 g/mol. The van der Waals surface area contributed by atoms with Gasteiger partial charge in [-0.3, -0.25) is 0 Å². The topological polar surface area (TPSA) is 70.4 Å². The number of ether oxygens (including phenoxy) is 2. The summed E-state index contributed by atoms with van der Waals surface area (Å²) in [4.78, 5) is 4.15. The van der Waals surface area contributed by atoms with Crippen LogP contribution >= 0.6 is 0 Å². The Balaban J connectivity index is 2.38. The van der Waals surface area contributed by atoms with Gasteiger partial charge in [-0.15, -0.1) is 0 Å². The second kappa shape index (κ2) is 7.50. The van der Waals surface area contributed by atoms with Crippen molar-refractivity contribution < 1.29 is 17.9 Å². The highest BCUT2D eigenvalue weighted by molar-refractivity contribution is 7.89. The zero-order chi connectivity index (χ0) is 16.9. The Kier molecular flexibility index (Phi) is 5.65. The molecule has 0 N–H and O–H groups in total. The molecule has 0 spiro atoms. The zero-order valence-corrected chi connectivity index (χ0v) is 14.5. The summed E-state index contributed by atoms with van der Waals surface area (Å²) in [6, 6.07) is 5.33. The summed E-state index contributed by atoms with van der Waals surface area (Å²) in [7, 11) is -3.41. The molecule has 1 heterocycles. The van der Waals surface area contributed by atoms with Gasteiger partial charge in [0, 0.05) is 18.0 Å². The fourth-order valence-electron chi connectivity index (χ4n) is 2.12. The number of hydrogen-bond donors (Lipinski definition) is 0. The molecule has 2 aromatic rings. The lowest BCUT2D eigenvalue weighted by molar-refractivity contribution is 0.273. The van der Waals surface area contributed by atoms with Crippen LogP contribution in [0.5, 0.6) is 11.5 Å². The lowest BCUT2D eigenvalue weighted by Gasteiger charge is -2.13. The Morgan fingerprint density at radius 1 is 1.17 bits per heavy atom. The highest BCUT2D eigenvalue weighted by atomic mass is 32.2. The third-order valence-electron chi connectivity index (χ3n) is 3.22. The van der Waals surface area contributed by atoms with Gasteiger partial charge in [-0.2, -0.15) is 0 Å². The maximum Gasteiger partial charge on any atom is 0.237 e. The van der Waals surface area contributed by atoms with E-state index >= 15 is 0 Å². The monoisotopic (exact) mass is 338 g/mol. The van der Waals surface area contributed by atoms with Crippen molar-refractivity contribution in [3.63, 3.8) is 0 Å². The molecule has 0 aliphatic heterocycles. The molecule has 23 heavy (non-hydrogen) atoms. The van der Waals surface area contributed by atoms with E-state index in [0.29, 0.717) is 36.1 Å². The number of benzene rings is 1. The van der Waals surface area contributed by atoms with Crippen LogP contribution in [0, 0.1) is 0 Å². The molecule has 0 unspecified atom stereocenters. The van der Waals surface area contributed by atoms with E-state index in [1.807, 2.05) is 6.92 Å². The fourth-order valence-corrected chi connectivity index (χ4v) is 2.86. The van der Waals surface area contributed by atoms with Crippen molar-refractivity contribution in [3.8, 4) is 22.9 Å². The first-order chi connectivity index (χ1) is 11.0. The quantitative estimate of drug-likeness (QED) is 0.692. The summed E-state index contributed by atoms with van der Waals surface area (Å²) in [5.41, 5.74) is 0.659. The fraction of sp³-hybridized carbons (Fsp3) is 0.438. The Labute approximate surface area is 137 Å². The SMILES string of the molecule is CCCCOc1ccc(-c2nccn2S(C)(=O)=O)cc1OCC. The Bertz CT molecular complexity index is 753. The van der Waals surface area contributed by atoms with Gasteiger partial charge in [0.05, 0.1) is 19.5 Å². The molecule has 6 nitrogen and oxygen atoms in total. The van der Waals surface area contributed by atoms with E-state index in [1.54, 1.807) is 18.2 Å². The standard InChI is InChI=1S/C16H22N2O4S/c1-4-6-11-22-14-8-7-13(12-15(14)21-5-2)16-17-9-10-18(16)23(3,19)20/h7-10,12H,4-6,11H2,1-3H3. The van der Waals surface area contributed by atoms with Crippen LogP contribution in [0.25, 0.3) is 11.4 Å². The normalized spacial score (nSPS) is 11.4. The molecule has 0 fully saturated rings. The lowest BCUT2D eigenvalue weighted by atomic mass is 10.2. The molecule has 0 aliphatic carbocycles. The second-order valence-electron chi connectivity index (χ2n) is 5.11. The van der Waals surface area contributed by atoms with E-state index in [1.165, 1.54) is 12.4 Å². The predicted molar refractivity (Wildman–Crippen MR) is 89.5 cm³/mol. The highest BCUT2D eigenvalue weighted by Gasteiger charge is 2.16.